The summed E-state index contributed by atoms with van der Waals surface area (Å²) < 4.78 is 5.48. The first-order valence-electron chi connectivity index (χ1n) is 4.80. The van der Waals surface area contributed by atoms with Crippen molar-refractivity contribution in [2.75, 3.05) is 11.4 Å². The molecule has 0 aliphatic carbocycles. The van der Waals surface area contributed by atoms with E-state index < -0.39 is 5.97 Å². The predicted molar refractivity (Wildman–Crippen MR) is 59.4 cm³/mol. The van der Waals surface area contributed by atoms with Gasteiger partial charge in [0, 0.05) is 12.3 Å². The third kappa shape index (κ3) is 1.65. The lowest BCUT2D eigenvalue weighted by atomic mass is 10.2. The summed E-state index contributed by atoms with van der Waals surface area (Å²) in [5.74, 6) is -0.818. The highest BCUT2D eigenvalue weighted by molar-refractivity contribution is 7.13. The van der Waals surface area contributed by atoms with E-state index in [1.54, 1.807) is 10.3 Å². The Labute approximate surface area is 96.2 Å². The minimum Gasteiger partial charge on any atom is -0.485 e. The highest BCUT2D eigenvalue weighted by Crippen LogP contribution is 2.41. The Balaban J connectivity index is 2.49. The molecule has 0 saturated heterocycles. The molecule has 0 saturated carbocycles. The predicted octanol–water partition coefficient (Wildman–Crippen LogP) is 1.58. The van der Waals surface area contributed by atoms with Crippen molar-refractivity contribution in [1.29, 1.82) is 0 Å². The molecule has 0 aromatic carbocycles. The number of ether oxygens (including phenoxy) is 1. The molecule has 6 heteroatoms. The van der Waals surface area contributed by atoms with E-state index in [-0.39, 0.29) is 16.9 Å². The van der Waals surface area contributed by atoms with E-state index in [1.165, 1.54) is 6.92 Å². The normalized spacial score (nSPS) is 18.9. The van der Waals surface area contributed by atoms with Crippen molar-refractivity contribution >= 4 is 28.9 Å². The molecule has 1 aromatic heterocycles. The number of carboxylic acid groups (broad SMARTS) is 1. The summed E-state index contributed by atoms with van der Waals surface area (Å²) in [6.07, 6.45) is -0.191. The fourth-order valence-corrected chi connectivity index (χ4v) is 2.50. The monoisotopic (exact) mass is 241 g/mol. The van der Waals surface area contributed by atoms with Crippen LogP contribution < -0.4 is 9.64 Å². The summed E-state index contributed by atoms with van der Waals surface area (Å²) in [5, 5.41) is 10.6. The number of fused-ring (bicyclic) bond motifs is 1. The van der Waals surface area contributed by atoms with Gasteiger partial charge < -0.3 is 14.7 Å². The van der Waals surface area contributed by atoms with Gasteiger partial charge in [-0.3, -0.25) is 4.79 Å². The molecule has 1 unspecified atom stereocenters. The number of rotatable bonds is 1. The SMILES string of the molecule is CC(=O)N1CC(C)Oc2c1csc2C(=O)O. The van der Waals surface area contributed by atoms with E-state index in [0.29, 0.717) is 18.0 Å². The second kappa shape index (κ2) is 3.79. The van der Waals surface area contributed by atoms with E-state index >= 15 is 0 Å². The molecule has 1 N–H and O–H groups in total. The lowest BCUT2D eigenvalue weighted by Crippen LogP contribution is -2.40. The number of nitrogens with zero attached hydrogens (tertiary/aromatic N) is 1. The summed E-state index contributed by atoms with van der Waals surface area (Å²) in [6, 6.07) is 0. The number of carbonyl (C=O) groups excluding carboxylic acids is 1. The first kappa shape index (κ1) is 10.9. The number of aromatic carboxylic acids is 1. The number of carboxylic acids is 1. The van der Waals surface area contributed by atoms with Crippen molar-refractivity contribution in [3.63, 3.8) is 0 Å². The summed E-state index contributed by atoms with van der Waals surface area (Å²) in [4.78, 5) is 24.1. The number of hydrogen-bond donors (Lipinski definition) is 1. The van der Waals surface area contributed by atoms with Crippen LogP contribution in [0.3, 0.4) is 0 Å². The Morgan fingerprint density at radius 1 is 1.62 bits per heavy atom. The van der Waals surface area contributed by atoms with Gasteiger partial charge in [-0.2, -0.15) is 0 Å². The standard InChI is InChI=1S/C10H11NO4S/c1-5-3-11(6(2)12)7-4-16-9(10(13)14)8(7)15-5/h4-5H,3H2,1-2H3,(H,13,14). The molecule has 86 valence electrons. The largest absolute Gasteiger partial charge is 0.485 e. The molecule has 0 bridgehead atoms. The summed E-state index contributed by atoms with van der Waals surface area (Å²) >= 11 is 1.08. The molecule has 16 heavy (non-hydrogen) atoms. The van der Waals surface area contributed by atoms with Crippen LogP contribution in [0, 0.1) is 0 Å². The van der Waals surface area contributed by atoms with Crippen molar-refractivity contribution in [2.45, 2.75) is 20.0 Å². The summed E-state index contributed by atoms with van der Waals surface area (Å²) in [7, 11) is 0. The second-order valence-electron chi connectivity index (χ2n) is 3.64. The van der Waals surface area contributed by atoms with Crippen LogP contribution >= 0.6 is 11.3 Å². The van der Waals surface area contributed by atoms with Crippen LogP contribution in [0.5, 0.6) is 5.75 Å². The van der Waals surface area contributed by atoms with Gasteiger partial charge >= 0.3 is 5.97 Å². The van der Waals surface area contributed by atoms with Gasteiger partial charge in [0.2, 0.25) is 5.91 Å². The smallest absolute Gasteiger partial charge is 0.349 e. The lowest BCUT2D eigenvalue weighted by molar-refractivity contribution is -0.117. The molecule has 1 aliphatic heterocycles. The van der Waals surface area contributed by atoms with Gasteiger partial charge in [0.15, 0.2) is 10.6 Å². The zero-order chi connectivity index (χ0) is 11.9. The van der Waals surface area contributed by atoms with E-state index in [2.05, 4.69) is 0 Å². The third-order valence-electron chi connectivity index (χ3n) is 2.35. The van der Waals surface area contributed by atoms with Crippen molar-refractivity contribution in [2.24, 2.45) is 0 Å². The van der Waals surface area contributed by atoms with Gasteiger partial charge in [-0.25, -0.2) is 4.79 Å². The number of anilines is 1. The van der Waals surface area contributed by atoms with Crippen molar-refractivity contribution in [3.8, 4) is 5.75 Å². The molecule has 1 amide bonds. The summed E-state index contributed by atoms with van der Waals surface area (Å²) in [5.41, 5.74) is 0.563. The fourth-order valence-electron chi connectivity index (χ4n) is 1.68. The van der Waals surface area contributed by atoms with Gasteiger partial charge in [0.1, 0.15) is 6.10 Å². The number of thiophene rings is 1. The third-order valence-corrected chi connectivity index (χ3v) is 3.29. The van der Waals surface area contributed by atoms with Gasteiger partial charge in [0.25, 0.3) is 0 Å². The molecule has 1 aromatic rings. The first-order chi connectivity index (χ1) is 7.50. The number of carbonyl (C=O) groups is 2. The molecule has 2 heterocycles. The van der Waals surface area contributed by atoms with Crippen LogP contribution in [0.25, 0.3) is 0 Å². The molecule has 5 nitrogen and oxygen atoms in total. The second-order valence-corrected chi connectivity index (χ2v) is 4.52. The van der Waals surface area contributed by atoms with Crippen molar-refractivity contribution < 1.29 is 19.4 Å². The molecular formula is C10H11NO4S. The fraction of sp³-hybridized carbons (Fsp3) is 0.400. The van der Waals surface area contributed by atoms with Gasteiger partial charge in [0.05, 0.1) is 12.2 Å². The Hall–Kier alpha value is -1.56. The van der Waals surface area contributed by atoms with Gasteiger partial charge in [-0.05, 0) is 6.92 Å². The minimum atomic E-state index is -1.02. The van der Waals surface area contributed by atoms with Gasteiger partial charge in [-0.15, -0.1) is 11.3 Å². The van der Waals surface area contributed by atoms with E-state index in [1.807, 2.05) is 6.92 Å². The summed E-state index contributed by atoms with van der Waals surface area (Å²) in [6.45, 7) is 3.72. The Kier molecular flexibility index (Phi) is 2.59. The number of hydrogen-bond acceptors (Lipinski definition) is 4. The zero-order valence-electron chi connectivity index (χ0n) is 8.89. The average molecular weight is 241 g/mol. The molecule has 2 rings (SSSR count). The first-order valence-corrected chi connectivity index (χ1v) is 5.68. The highest BCUT2D eigenvalue weighted by Gasteiger charge is 2.31. The van der Waals surface area contributed by atoms with Crippen molar-refractivity contribution in [3.05, 3.63) is 10.3 Å². The van der Waals surface area contributed by atoms with Crippen LogP contribution in [-0.4, -0.2) is 29.6 Å². The lowest BCUT2D eigenvalue weighted by Gasteiger charge is -2.30. The van der Waals surface area contributed by atoms with Gasteiger partial charge in [-0.1, -0.05) is 0 Å². The van der Waals surface area contributed by atoms with Crippen LogP contribution in [0.1, 0.15) is 23.5 Å². The minimum absolute atomic E-state index is 0.105. The molecule has 1 aliphatic rings. The maximum Gasteiger partial charge on any atom is 0.349 e. The van der Waals surface area contributed by atoms with Crippen LogP contribution in [0.15, 0.2) is 5.38 Å². The molecule has 0 radical (unpaired) electrons. The Morgan fingerprint density at radius 2 is 2.31 bits per heavy atom. The maximum atomic E-state index is 11.4. The van der Waals surface area contributed by atoms with E-state index in [0.717, 1.165) is 11.3 Å². The highest BCUT2D eigenvalue weighted by atomic mass is 32.1. The Bertz CT molecular complexity index is 454. The molecular weight excluding hydrogens is 230 g/mol. The molecule has 0 spiro atoms. The van der Waals surface area contributed by atoms with E-state index in [4.69, 9.17) is 9.84 Å². The average Bonchev–Trinajstić information content (AvgIpc) is 2.59. The zero-order valence-corrected chi connectivity index (χ0v) is 9.71. The van der Waals surface area contributed by atoms with Crippen LogP contribution in [0.2, 0.25) is 0 Å². The van der Waals surface area contributed by atoms with Crippen LogP contribution in [-0.2, 0) is 4.79 Å². The molecule has 1 atom stereocenters. The van der Waals surface area contributed by atoms with Crippen molar-refractivity contribution in [1.82, 2.24) is 0 Å². The van der Waals surface area contributed by atoms with E-state index in [9.17, 15) is 9.59 Å². The molecule has 0 fully saturated rings. The Morgan fingerprint density at radius 3 is 2.88 bits per heavy atom. The quantitative estimate of drug-likeness (QED) is 0.810. The topological polar surface area (TPSA) is 66.8 Å². The van der Waals surface area contributed by atoms with Crippen LogP contribution in [0.4, 0.5) is 5.69 Å². The number of amides is 1. The maximum absolute atomic E-state index is 11.4.